The van der Waals surface area contributed by atoms with Crippen molar-refractivity contribution in [3.05, 3.63) is 0 Å². The van der Waals surface area contributed by atoms with Crippen LogP contribution in [0.5, 0.6) is 0 Å². The number of halogens is 1. The number of alkyl halides is 1. The Morgan fingerprint density at radius 3 is 2.38 bits per heavy atom. The van der Waals surface area contributed by atoms with Crippen LogP contribution in [-0.2, 0) is 14.3 Å². The number of fused-ring (bicyclic) bond motifs is 5. The predicted octanol–water partition coefficient (Wildman–Crippen LogP) is 5.46. The van der Waals surface area contributed by atoms with Crippen molar-refractivity contribution >= 4 is 34.5 Å². The number of carbonyl (C=O) groups excluding carboxylic acids is 1. The Kier molecular flexibility index (Phi) is 6.97. The lowest BCUT2D eigenvalue weighted by Crippen LogP contribution is -2.59. The normalized spacial score (nSPS) is 47.5. The number of carboxylic acids is 1. The van der Waals surface area contributed by atoms with E-state index in [1.54, 1.807) is 0 Å². The first-order valence-corrected chi connectivity index (χ1v) is 13.9. The average Bonchev–Trinajstić information content (AvgIpc) is 3.06. The topological polar surface area (TPSA) is 83.8 Å². The molecule has 0 aromatic heterocycles. The summed E-state index contributed by atoms with van der Waals surface area (Å²) in [6.45, 7) is 8.70. The maximum absolute atomic E-state index is 12.1. The largest absolute Gasteiger partial charge is 0.480 e. The number of aliphatic hydroxyl groups excluding tert-OH is 1. The summed E-state index contributed by atoms with van der Waals surface area (Å²) >= 11 is 2.08. The summed E-state index contributed by atoms with van der Waals surface area (Å²) in [5, 5.41) is 19.8. The monoisotopic (exact) mass is 560 g/mol. The summed E-state index contributed by atoms with van der Waals surface area (Å²) in [7, 11) is 0. The average molecular weight is 561 g/mol. The second-order valence-electron chi connectivity index (χ2n) is 12.1. The Labute approximate surface area is 206 Å². The number of carbonyl (C=O) groups is 2. The number of rotatable bonds is 5. The summed E-state index contributed by atoms with van der Waals surface area (Å²) in [5.74, 6) is 1.90. The summed E-state index contributed by atoms with van der Waals surface area (Å²) in [4.78, 5) is 23.6. The third kappa shape index (κ3) is 4.14. The number of hydrogen-bond acceptors (Lipinski definition) is 4. The minimum Gasteiger partial charge on any atom is -0.480 e. The third-order valence-electron chi connectivity index (χ3n) is 10.6. The zero-order valence-electron chi connectivity index (χ0n) is 20.1. The number of aliphatic hydroxyl groups is 1. The van der Waals surface area contributed by atoms with Gasteiger partial charge in [0.05, 0.1) is 6.10 Å². The van der Waals surface area contributed by atoms with E-state index in [-0.39, 0.29) is 32.9 Å². The van der Waals surface area contributed by atoms with Crippen molar-refractivity contribution < 1.29 is 24.5 Å². The van der Waals surface area contributed by atoms with Crippen molar-refractivity contribution in [3.8, 4) is 0 Å². The molecule has 0 radical (unpaired) electrons. The van der Waals surface area contributed by atoms with Crippen LogP contribution in [-0.4, -0.2) is 38.3 Å². The molecule has 11 atom stereocenters. The van der Waals surface area contributed by atoms with E-state index in [1.807, 2.05) is 0 Å². The molecule has 4 saturated carbocycles. The van der Waals surface area contributed by atoms with Crippen molar-refractivity contribution in [1.82, 2.24) is 0 Å². The molecule has 6 heteroatoms. The highest BCUT2D eigenvalue weighted by atomic mass is 127. The quantitative estimate of drug-likeness (QED) is 0.265. The van der Waals surface area contributed by atoms with Gasteiger partial charge in [-0.2, -0.15) is 0 Å². The molecule has 0 saturated heterocycles. The van der Waals surface area contributed by atoms with Crippen molar-refractivity contribution in [2.75, 3.05) is 0 Å². The van der Waals surface area contributed by atoms with Gasteiger partial charge in [-0.25, -0.2) is 0 Å². The van der Waals surface area contributed by atoms with Gasteiger partial charge in [-0.15, -0.1) is 0 Å². The van der Waals surface area contributed by atoms with Crippen molar-refractivity contribution in [1.29, 1.82) is 0 Å². The number of hydrogen-bond donors (Lipinski definition) is 2. The van der Waals surface area contributed by atoms with E-state index in [4.69, 9.17) is 4.74 Å². The first-order chi connectivity index (χ1) is 15.0. The zero-order valence-corrected chi connectivity index (χ0v) is 22.2. The van der Waals surface area contributed by atoms with E-state index in [0.29, 0.717) is 35.5 Å². The Bertz CT molecular complexity index is 742. The molecule has 182 valence electrons. The molecule has 0 heterocycles. The molecule has 4 aliphatic carbocycles. The summed E-state index contributed by atoms with van der Waals surface area (Å²) in [6.07, 6.45) is 8.81. The van der Waals surface area contributed by atoms with Crippen LogP contribution >= 0.6 is 22.6 Å². The van der Waals surface area contributed by atoms with Gasteiger partial charge in [-0.05, 0) is 98.2 Å². The van der Waals surface area contributed by atoms with Gasteiger partial charge in [-0.1, -0.05) is 43.4 Å². The molecule has 4 rings (SSSR count). The maximum atomic E-state index is 12.1. The van der Waals surface area contributed by atoms with Crippen LogP contribution in [0.15, 0.2) is 0 Å². The van der Waals surface area contributed by atoms with Crippen LogP contribution in [0.25, 0.3) is 0 Å². The lowest BCUT2D eigenvalue weighted by molar-refractivity contribution is -0.194. The van der Waals surface area contributed by atoms with E-state index in [1.165, 1.54) is 13.3 Å². The molecular formula is C26H41IO5. The van der Waals surface area contributed by atoms with Crippen LogP contribution < -0.4 is 0 Å². The summed E-state index contributed by atoms with van der Waals surface area (Å²) < 4.78 is 5.70. The van der Waals surface area contributed by atoms with Crippen LogP contribution in [0.4, 0.5) is 0 Å². The Morgan fingerprint density at radius 1 is 1.06 bits per heavy atom. The van der Waals surface area contributed by atoms with Gasteiger partial charge < -0.3 is 14.9 Å². The third-order valence-corrected chi connectivity index (χ3v) is 11.6. The van der Waals surface area contributed by atoms with Crippen molar-refractivity contribution in [2.24, 2.45) is 46.3 Å². The van der Waals surface area contributed by atoms with Gasteiger partial charge in [0.2, 0.25) is 0 Å². The van der Waals surface area contributed by atoms with Crippen LogP contribution in [0.3, 0.4) is 0 Å². The molecule has 4 aliphatic rings. The highest BCUT2D eigenvalue weighted by Crippen LogP contribution is 2.68. The fourth-order valence-corrected chi connectivity index (χ4v) is 9.88. The zero-order chi connectivity index (χ0) is 23.4. The van der Waals surface area contributed by atoms with Crippen molar-refractivity contribution in [3.63, 3.8) is 0 Å². The van der Waals surface area contributed by atoms with E-state index in [9.17, 15) is 19.8 Å². The Hall–Kier alpha value is -0.370. The molecule has 0 amide bonds. The first kappa shape index (κ1) is 24.7. The fraction of sp³-hybridized carbons (Fsp3) is 0.923. The smallest absolute Gasteiger partial charge is 0.316 e. The number of carboxylic acid groups (broad SMARTS) is 1. The summed E-state index contributed by atoms with van der Waals surface area (Å²) in [5.41, 5.74) is 0.410. The lowest BCUT2D eigenvalue weighted by atomic mass is 9.43. The maximum Gasteiger partial charge on any atom is 0.316 e. The SMILES string of the molecule is CC(=O)O[C@H]1CC2C[C@H](O)CC[C@]2(C)C2CC[C@@]3(C)C(CCC3[C@H](C)CC(I)C(=O)O)C21. The molecule has 2 N–H and O–H groups in total. The van der Waals surface area contributed by atoms with Gasteiger partial charge in [0.1, 0.15) is 10.0 Å². The molecule has 32 heavy (non-hydrogen) atoms. The Morgan fingerprint density at radius 2 is 1.72 bits per heavy atom. The first-order valence-electron chi connectivity index (χ1n) is 12.7. The van der Waals surface area contributed by atoms with Gasteiger partial charge >= 0.3 is 11.9 Å². The van der Waals surface area contributed by atoms with E-state index in [2.05, 4.69) is 43.4 Å². The molecule has 6 unspecified atom stereocenters. The second kappa shape index (κ2) is 9.01. The lowest BCUT2D eigenvalue weighted by Gasteiger charge is -2.62. The van der Waals surface area contributed by atoms with Crippen LogP contribution in [0.1, 0.15) is 85.5 Å². The highest BCUT2D eigenvalue weighted by Gasteiger charge is 2.63. The van der Waals surface area contributed by atoms with E-state index < -0.39 is 5.97 Å². The molecule has 0 aromatic rings. The Balaban J connectivity index is 1.62. The number of aliphatic carboxylic acids is 1. The van der Waals surface area contributed by atoms with Crippen molar-refractivity contribution in [2.45, 2.75) is 102 Å². The van der Waals surface area contributed by atoms with E-state index >= 15 is 0 Å². The molecule has 0 aromatic carbocycles. The molecule has 5 nitrogen and oxygen atoms in total. The van der Waals surface area contributed by atoms with Gasteiger partial charge in [0.25, 0.3) is 0 Å². The van der Waals surface area contributed by atoms with Gasteiger partial charge in [-0.3, -0.25) is 9.59 Å². The second-order valence-corrected chi connectivity index (χ2v) is 13.6. The minimum atomic E-state index is -0.707. The summed E-state index contributed by atoms with van der Waals surface area (Å²) in [6, 6.07) is 0. The molecule has 0 aliphatic heterocycles. The highest BCUT2D eigenvalue weighted by molar-refractivity contribution is 14.1. The number of ether oxygens (including phenoxy) is 1. The van der Waals surface area contributed by atoms with Crippen LogP contribution in [0.2, 0.25) is 0 Å². The van der Waals surface area contributed by atoms with E-state index in [0.717, 1.165) is 51.4 Å². The molecule has 4 fully saturated rings. The van der Waals surface area contributed by atoms with Gasteiger partial charge in [0, 0.05) is 12.8 Å². The minimum absolute atomic E-state index is 0.0455. The molecule has 0 spiro atoms. The molecule has 0 bridgehead atoms. The number of esters is 1. The predicted molar refractivity (Wildman–Crippen MR) is 131 cm³/mol. The van der Waals surface area contributed by atoms with Crippen LogP contribution in [0, 0.1) is 46.3 Å². The molecular weight excluding hydrogens is 519 g/mol. The fourth-order valence-electron chi connectivity index (χ4n) is 9.08. The van der Waals surface area contributed by atoms with Gasteiger partial charge in [0.15, 0.2) is 0 Å². The standard InChI is InChI=1S/C26H41IO5/c1-14(11-21(27)24(30)31)18-5-6-19-23-20(8-10-26(18,19)4)25(3)9-7-17(29)12-16(25)13-22(23)32-15(2)28/h14,16-23,29H,5-13H2,1-4H3,(H,30,31)/t14-,16?,17-,18?,19?,20?,21?,22+,23?,25+,26-/m1/s1.